The molecule has 3 aromatic rings. The number of fused-ring (bicyclic) bond motifs is 1. The molecule has 0 aromatic heterocycles. The fourth-order valence-electron chi connectivity index (χ4n) is 3.37. The van der Waals surface area contributed by atoms with E-state index in [4.69, 9.17) is 4.74 Å². The first-order chi connectivity index (χ1) is 15.2. The van der Waals surface area contributed by atoms with Crippen LogP contribution in [0.15, 0.2) is 77.7 Å². The van der Waals surface area contributed by atoms with Gasteiger partial charge in [0.2, 0.25) is 0 Å². The van der Waals surface area contributed by atoms with Crippen LogP contribution in [0.2, 0.25) is 0 Å². The third-order valence-electron chi connectivity index (χ3n) is 5.08. The second kappa shape index (κ2) is 8.08. The number of ether oxygens (including phenoxy) is 1. The van der Waals surface area contributed by atoms with Crippen molar-refractivity contribution < 1.29 is 27.1 Å². The highest BCUT2D eigenvalue weighted by atomic mass is 32.2. The van der Waals surface area contributed by atoms with Crippen molar-refractivity contribution in [1.29, 1.82) is 0 Å². The lowest BCUT2D eigenvalue weighted by Gasteiger charge is -2.33. The van der Waals surface area contributed by atoms with Crippen LogP contribution in [-0.2, 0) is 26.0 Å². The van der Waals surface area contributed by atoms with Gasteiger partial charge in [-0.25, -0.2) is 17.6 Å². The number of halogens is 1. The van der Waals surface area contributed by atoms with Crippen LogP contribution in [-0.4, -0.2) is 25.9 Å². The fourth-order valence-corrected chi connectivity index (χ4v) is 4.43. The lowest BCUT2D eigenvalue weighted by atomic mass is 9.89. The number of anilines is 2. The first-order valence-electron chi connectivity index (χ1n) is 9.67. The van der Waals surface area contributed by atoms with Gasteiger partial charge in [-0.2, -0.15) is 0 Å². The Balaban J connectivity index is 1.45. The summed E-state index contributed by atoms with van der Waals surface area (Å²) in [5, 5.41) is 2.70. The fraction of sp³-hybridized carbons (Fsp3) is 0.130. The number of hydrogen-bond acceptors (Lipinski definition) is 5. The molecule has 4 rings (SSSR count). The monoisotopic (exact) mass is 454 g/mol. The summed E-state index contributed by atoms with van der Waals surface area (Å²) in [7, 11) is -3.89. The number of carbonyl (C=O) groups excluding carboxylic acids is 2. The Morgan fingerprint density at radius 1 is 0.969 bits per heavy atom. The molecule has 1 unspecified atom stereocenters. The maximum Gasteiger partial charge on any atom is 0.339 e. The average molecular weight is 454 g/mol. The zero-order valence-electron chi connectivity index (χ0n) is 17.0. The number of nitrogens with one attached hydrogen (secondary N) is 2. The van der Waals surface area contributed by atoms with E-state index >= 15 is 0 Å². The minimum atomic E-state index is -3.89. The van der Waals surface area contributed by atoms with E-state index in [2.05, 4.69) is 10.0 Å². The molecule has 32 heavy (non-hydrogen) atoms. The molecule has 0 aliphatic carbocycles. The van der Waals surface area contributed by atoms with Crippen LogP contribution in [0.5, 0.6) is 0 Å². The Labute approximate surface area is 184 Å². The summed E-state index contributed by atoms with van der Waals surface area (Å²) in [5.41, 5.74) is 0.448. The summed E-state index contributed by atoms with van der Waals surface area (Å²) in [6.07, 6.45) is 0.232. The molecular weight excluding hydrogens is 435 g/mol. The number of hydrogen-bond donors (Lipinski definition) is 2. The van der Waals surface area contributed by atoms with Gasteiger partial charge in [-0.1, -0.05) is 18.2 Å². The van der Waals surface area contributed by atoms with Crippen LogP contribution in [0, 0.1) is 5.82 Å². The molecule has 2 N–H and O–H groups in total. The van der Waals surface area contributed by atoms with Crippen molar-refractivity contribution in [3.63, 3.8) is 0 Å². The van der Waals surface area contributed by atoms with E-state index in [1.54, 1.807) is 31.2 Å². The van der Waals surface area contributed by atoms with Crippen LogP contribution < -0.4 is 10.0 Å². The second-order valence-electron chi connectivity index (χ2n) is 7.55. The van der Waals surface area contributed by atoms with Crippen molar-refractivity contribution in [3.05, 3.63) is 89.7 Å². The Bertz CT molecular complexity index is 1290. The quantitative estimate of drug-likeness (QED) is 0.572. The first kappa shape index (κ1) is 21.5. The number of esters is 1. The highest BCUT2D eigenvalue weighted by Crippen LogP contribution is 2.29. The summed E-state index contributed by atoms with van der Waals surface area (Å²) >= 11 is 0. The number of amides is 1. The molecular formula is C23H19FN2O5S. The van der Waals surface area contributed by atoms with Gasteiger partial charge in [0.1, 0.15) is 5.82 Å². The zero-order chi connectivity index (χ0) is 22.9. The molecule has 0 fully saturated rings. The van der Waals surface area contributed by atoms with Crippen molar-refractivity contribution in [2.45, 2.75) is 23.8 Å². The van der Waals surface area contributed by atoms with Gasteiger partial charge in [0.25, 0.3) is 15.9 Å². The van der Waals surface area contributed by atoms with E-state index in [0.29, 0.717) is 11.3 Å². The van der Waals surface area contributed by atoms with Crippen molar-refractivity contribution in [1.82, 2.24) is 0 Å². The topological polar surface area (TPSA) is 102 Å². The predicted octanol–water partition coefficient (Wildman–Crippen LogP) is 3.74. The molecule has 0 saturated heterocycles. The first-order valence-corrected chi connectivity index (χ1v) is 11.2. The molecule has 7 nitrogen and oxygen atoms in total. The smallest absolute Gasteiger partial charge is 0.339 e. The normalized spacial score (nSPS) is 17.8. The van der Waals surface area contributed by atoms with Crippen molar-refractivity contribution in [3.8, 4) is 0 Å². The van der Waals surface area contributed by atoms with E-state index in [1.165, 1.54) is 24.3 Å². The SMILES string of the molecule is CC1(C(=O)Nc2ccc(NS(=O)(=O)c3ccc(F)cc3)cc2)Cc2ccccc2C(=O)O1. The lowest BCUT2D eigenvalue weighted by Crippen LogP contribution is -2.48. The van der Waals surface area contributed by atoms with Crippen molar-refractivity contribution in [2.75, 3.05) is 10.0 Å². The van der Waals surface area contributed by atoms with Gasteiger partial charge in [0.15, 0.2) is 5.60 Å². The summed E-state index contributed by atoms with van der Waals surface area (Å²) in [5.74, 6) is -1.60. The molecule has 1 aliphatic rings. The lowest BCUT2D eigenvalue weighted by molar-refractivity contribution is -0.134. The molecule has 9 heteroatoms. The van der Waals surface area contributed by atoms with Crippen LogP contribution in [0.3, 0.4) is 0 Å². The third kappa shape index (κ3) is 4.33. The summed E-state index contributed by atoms with van der Waals surface area (Å²) in [6, 6.07) is 17.4. The standard InChI is InChI=1S/C23H19FN2O5S/c1-23(14-15-4-2-3-5-20(15)21(27)31-23)22(28)25-17-8-10-18(11-9-17)26-32(29,30)19-12-6-16(24)7-13-19/h2-13,26H,14H2,1H3,(H,25,28). The van der Waals surface area contributed by atoms with Crippen LogP contribution in [0.25, 0.3) is 0 Å². The summed E-state index contributed by atoms with van der Waals surface area (Å²) < 4.78 is 45.6. The molecule has 1 aliphatic heterocycles. The minimum Gasteiger partial charge on any atom is -0.445 e. The van der Waals surface area contributed by atoms with Gasteiger partial charge in [-0.3, -0.25) is 9.52 Å². The highest BCUT2D eigenvalue weighted by Gasteiger charge is 2.42. The summed E-state index contributed by atoms with van der Waals surface area (Å²) in [6.45, 7) is 1.54. The molecule has 0 spiro atoms. The molecule has 1 heterocycles. The largest absolute Gasteiger partial charge is 0.445 e. The average Bonchev–Trinajstić information content (AvgIpc) is 2.75. The van der Waals surface area contributed by atoms with Gasteiger partial charge in [0, 0.05) is 17.8 Å². The Morgan fingerprint density at radius 3 is 2.28 bits per heavy atom. The van der Waals surface area contributed by atoms with E-state index in [-0.39, 0.29) is 17.0 Å². The number of rotatable bonds is 5. The molecule has 0 saturated carbocycles. The zero-order valence-corrected chi connectivity index (χ0v) is 17.8. The maximum atomic E-state index is 13.0. The molecule has 1 atom stereocenters. The summed E-state index contributed by atoms with van der Waals surface area (Å²) in [4.78, 5) is 25.0. The predicted molar refractivity (Wildman–Crippen MR) is 116 cm³/mol. The van der Waals surface area contributed by atoms with E-state index in [9.17, 15) is 22.4 Å². The molecule has 0 radical (unpaired) electrons. The van der Waals surface area contributed by atoms with Gasteiger partial charge in [0.05, 0.1) is 10.5 Å². The number of benzene rings is 3. The van der Waals surface area contributed by atoms with Gasteiger partial charge in [-0.15, -0.1) is 0 Å². The molecule has 1 amide bonds. The Morgan fingerprint density at radius 2 is 1.59 bits per heavy atom. The van der Waals surface area contributed by atoms with E-state index in [1.807, 2.05) is 0 Å². The van der Waals surface area contributed by atoms with Gasteiger partial charge in [-0.05, 0) is 67.1 Å². The van der Waals surface area contributed by atoms with Crippen LogP contribution >= 0.6 is 0 Å². The van der Waals surface area contributed by atoms with Gasteiger partial charge < -0.3 is 10.1 Å². The van der Waals surface area contributed by atoms with Crippen LogP contribution in [0.4, 0.5) is 15.8 Å². The number of sulfonamides is 1. The van der Waals surface area contributed by atoms with Crippen molar-refractivity contribution >= 4 is 33.3 Å². The third-order valence-corrected chi connectivity index (χ3v) is 6.48. The van der Waals surface area contributed by atoms with E-state index < -0.39 is 33.3 Å². The second-order valence-corrected chi connectivity index (χ2v) is 9.23. The Hall–Kier alpha value is -3.72. The Kier molecular flexibility index (Phi) is 5.43. The number of cyclic esters (lactones) is 1. The maximum absolute atomic E-state index is 13.0. The van der Waals surface area contributed by atoms with Crippen LogP contribution in [0.1, 0.15) is 22.8 Å². The highest BCUT2D eigenvalue weighted by molar-refractivity contribution is 7.92. The molecule has 164 valence electrons. The van der Waals surface area contributed by atoms with E-state index in [0.717, 1.165) is 29.8 Å². The molecule has 3 aromatic carbocycles. The van der Waals surface area contributed by atoms with Gasteiger partial charge >= 0.3 is 5.97 Å². The minimum absolute atomic E-state index is 0.0800. The molecule has 0 bridgehead atoms. The van der Waals surface area contributed by atoms with Crippen molar-refractivity contribution in [2.24, 2.45) is 0 Å². The number of carbonyl (C=O) groups is 2.